The molecule has 1 aromatic rings. The largest absolute Gasteiger partial charge is 0.507 e. The van der Waals surface area contributed by atoms with E-state index >= 15 is 0 Å². The Bertz CT molecular complexity index is 436. The van der Waals surface area contributed by atoms with Crippen LogP contribution in [0.3, 0.4) is 0 Å². The predicted molar refractivity (Wildman–Crippen MR) is 64.6 cm³/mol. The predicted octanol–water partition coefficient (Wildman–Crippen LogP) is 2.59. The minimum atomic E-state index is -0.425. The molecule has 0 saturated carbocycles. The van der Waals surface area contributed by atoms with E-state index < -0.39 is 5.78 Å². The normalized spacial score (nSPS) is 10.8. The van der Waals surface area contributed by atoms with Crippen molar-refractivity contribution >= 4 is 5.78 Å². The first-order valence-corrected chi connectivity index (χ1v) is 5.62. The summed E-state index contributed by atoms with van der Waals surface area (Å²) in [6.45, 7) is 5.32. The van der Waals surface area contributed by atoms with Gasteiger partial charge in [-0.15, -0.1) is 0 Å². The number of rotatable bonds is 4. The molecule has 0 amide bonds. The van der Waals surface area contributed by atoms with Crippen LogP contribution in [0.1, 0.15) is 43.1 Å². The summed E-state index contributed by atoms with van der Waals surface area (Å²) in [5.74, 6) is -0.878. The minimum absolute atomic E-state index is 0.124. The lowest BCUT2D eigenvalue weighted by Crippen LogP contribution is -1.99. The van der Waals surface area contributed by atoms with Crippen LogP contribution in [0.5, 0.6) is 17.2 Å². The average Bonchev–Trinajstić information content (AvgIpc) is 2.14. The molecule has 0 unspecified atom stereocenters. The first kappa shape index (κ1) is 13.4. The molecule has 1 rings (SSSR count). The molecule has 17 heavy (non-hydrogen) atoms. The Morgan fingerprint density at radius 2 is 1.82 bits per heavy atom. The van der Waals surface area contributed by atoms with Crippen molar-refractivity contribution in [3.63, 3.8) is 0 Å². The maximum absolute atomic E-state index is 11.3. The fraction of sp³-hybridized carbons (Fsp3) is 0.462. The molecule has 0 aliphatic heterocycles. The van der Waals surface area contributed by atoms with Crippen LogP contribution in [0.2, 0.25) is 0 Å². The zero-order valence-electron chi connectivity index (χ0n) is 10.3. The van der Waals surface area contributed by atoms with E-state index in [0.29, 0.717) is 17.9 Å². The number of benzene rings is 1. The maximum Gasteiger partial charge on any atom is 0.167 e. The van der Waals surface area contributed by atoms with Gasteiger partial charge in [-0.2, -0.15) is 0 Å². The third-order valence-electron chi connectivity index (χ3n) is 2.69. The van der Waals surface area contributed by atoms with Crippen LogP contribution in [-0.2, 0) is 6.42 Å². The summed E-state index contributed by atoms with van der Waals surface area (Å²) in [5.41, 5.74) is 0.197. The molecule has 3 N–H and O–H groups in total. The topological polar surface area (TPSA) is 77.8 Å². The summed E-state index contributed by atoms with van der Waals surface area (Å²) < 4.78 is 0. The van der Waals surface area contributed by atoms with Crippen LogP contribution in [0.25, 0.3) is 0 Å². The smallest absolute Gasteiger partial charge is 0.167 e. The van der Waals surface area contributed by atoms with E-state index in [1.807, 2.05) is 13.8 Å². The maximum atomic E-state index is 11.3. The zero-order chi connectivity index (χ0) is 13.2. The number of carbonyl (C=O) groups is 1. The molecular weight excluding hydrogens is 220 g/mol. The van der Waals surface area contributed by atoms with Gasteiger partial charge in [-0.25, -0.2) is 0 Å². The van der Waals surface area contributed by atoms with E-state index in [1.54, 1.807) is 0 Å². The summed E-state index contributed by atoms with van der Waals surface area (Å²) in [5, 5.41) is 29.1. The van der Waals surface area contributed by atoms with E-state index in [0.717, 1.165) is 12.5 Å². The number of Topliss-reactive ketones (excluding diaryl/α,β-unsaturated/α-hetero) is 1. The Balaban J connectivity index is 3.21. The van der Waals surface area contributed by atoms with Crippen LogP contribution in [0.15, 0.2) is 6.07 Å². The second-order valence-electron chi connectivity index (χ2n) is 4.61. The van der Waals surface area contributed by atoms with Crippen molar-refractivity contribution in [1.82, 2.24) is 0 Å². The van der Waals surface area contributed by atoms with Crippen molar-refractivity contribution in [2.45, 2.75) is 33.6 Å². The third kappa shape index (κ3) is 2.90. The number of phenols is 3. The number of carbonyl (C=O) groups excluding carboxylic acids is 1. The number of aromatic hydroxyl groups is 3. The number of ketones is 1. The fourth-order valence-electron chi connectivity index (χ4n) is 1.71. The number of hydrogen-bond donors (Lipinski definition) is 3. The van der Waals surface area contributed by atoms with Crippen LogP contribution < -0.4 is 0 Å². The highest BCUT2D eigenvalue weighted by molar-refractivity contribution is 6.00. The molecule has 0 spiro atoms. The van der Waals surface area contributed by atoms with Crippen molar-refractivity contribution in [3.05, 3.63) is 17.2 Å². The molecule has 0 atom stereocenters. The molecule has 0 saturated heterocycles. The first-order chi connectivity index (χ1) is 7.84. The van der Waals surface area contributed by atoms with E-state index in [9.17, 15) is 20.1 Å². The van der Waals surface area contributed by atoms with Crippen molar-refractivity contribution in [2.24, 2.45) is 5.92 Å². The van der Waals surface area contributed by atoms with E-state index in [1.165, 1.54) is 6.92 Å². The molecule has 1 aromatic carbocycles. The molecule has 0 bridgehead atoms. The zero-order valence-corrected chi connectivity index (χ0v) is 10.3. The highest BCUT2D eigenvalue weighted by Gasteiger charge is 2.20. The number of phenolic OH excluding ortho intramolecular Hbond substituents is 3. The lowest BCUT2D eigenvalue weighted by atomic mass is 9.97. The summed E-state index contributed by atoms with van der Waals surface area (Å²) in [6.07, 6.45) is 1.25. The molecule has 4 heteroatoms. The lowest BCUT2D eigenvalue weighted by molar-refractivity contribution is 0.101. The second-order valence-corrected chi connectivity index (χ2v) is 4.61. The molecular formula is C13H18O4. The fourth-order valence-corrected chi connectivity index (χ4v) is 1.71. The summed E-state index contributed by atoms with van der Waals surface area (Å²) in [6, 6.07) is 1.10. The van der Waals surface area contributed by atoms with Gasteiger partial charge in [-0.05, 0) is 25.7 Å². The molecule has 0 aliphatic carbocycles. The highest BCUT2D eigenvalue weighted by Crippen LogP contribution is 2.38. The summed E-state index contributed by atoms with van der Waals surface area (Å²) in [7, 11) is 0. The minimum Gasteiger partial charge on any atom is -0.507 e. The number of hydrogen-bond acceptors (Lipinski definition) is 4. The molecule has 0 aliphatic rings. The van der Waals surface area contributed by atoms with Gasteiger partial charge in [0.05, 0.1) is 0 Å². The Kier molecular flexibility index (Phi) is 3.99. The van der Waals surface area contributed by atoms with Gasteiger partial charge in [0.2, 0.25) is 0 Å². The Hall–Kier alpha value is -1.71. The SMILES string of the molecule is CC(=O)c1c(O)cc(O)c(CCC(C)C)c1O. The van der Waals surface area contributed by atoms with Gasteiger partial charge in [0.25, 0.3) is 0 Å². The molecule has 0 heterocycles. The molecule has 0 fully saturated rings. The molecule has 0 aromatic heterocycles. The molecule has 0 radical (unpaired) electrons. The van der Waals surface area contributed by atoms with Gasteiger partial charge in [-0.1, -0.05) is 13.8 Å². The highest BCUT2D eigenvalue weighted by atomic mass is 16.3. The van der Waals surface area contributed by atoms with E-state index in [2.05, 4.69) is 0 Å². The van der Waals surface area contributed by atoms with Crippen molar-refractivity contribution in [3.8, 4) is 17.2 Å². The summed E-state index contributed by atoms with van der Waals surface area (Å²) >= 11 is 0. The van der Waals surface area contributed by atoms with Crippen LogP contribution in [0, 0.1) is 5.92 Å². The van der Waals surface area contributed by atoms with Crippen molar-refractivity contribution in [2.75, 3.05) is 0 Å². The van der Waals surface area contributed by atoms with Crippen LogP contribution in [0.4, 0.5) is 0 Å². The third-order valence-corrected chi connectivity index (χ3v) is 2.69. The van der Waals surface area contributed by atoms with Crippen LogP contribution in [-0.4, -0.2) is 21.1 Å². The average molecular weight is 238 g/mol. The summed E-state index contributed by atoms with van der Waals surface area (Å²) in [4.78, 5) is 11.3. The quantitative estimate of drug-likeness (QED) is 0.704. The second kappa shape index (κ2) is 5.08. The van der Waals surface area contributed by atoms with E-state index in [4.69, 9.17) is 0 Å². The van der Waals surface area contributed by atoms with Crippen molar-refractivity contribution in [1.29, 1.82) is 0 Å². The Morgan fingerprint density at radius 3 is 2.29 bits per heavy atom. The van der Waals surface area contributed by atoms with Crippen molar-refractivity contribution < 1.29 is 20.1 Å². The Labute approximate surface area is 101 Å². The molecule has 4 nitrogen and oxygen atoms in total. The van der Waals surface area contributed by atoms with Gasteiger partial charge in [-0.3, -0.25) is 4.79 Å². The van der Waals surface area contributed by atoms with E-state index in [-0.39, 0.29) is 22.8 Å². The first-order valence-electron chi connectivity index (χ1n) is 5.62. The van der Waals surface area contributed by atoms with Gasteiger partial charge in [0.1, 0.15) is 22.8 Å². The van der Waals surface area contributed by atoms with Gasteiger partial charge < -0.3 is 15.3 Å². The van der Waals surface area contributed by atoms with Gasteiger partial charge in [0.15, 0.2) is 5.78 Å². The van der Waals surface area contributed by atoms with Crippen LogP contribution >= 0.6 is 0 Å². The monoisotopic (exact) mass is 238 g/mol. The van der Waals surface area contributed by atoms with Gasteiger partial charge >= 0.3 is 0 Å². The standard InChI is InChI=1S/C13H18O4/c1-7(2)4-5-9-10(15)6-11(16)12(8(3)14)13(9)17/h6-7,15-17H,4-5H2,1-3H3. The van der Waals surface area contributed by atoms with Gasteiger partial charge in [0, 0.05) is 11.6 Å². The lowest BCUT2D eigenvalue weighted by Gasteiger charge is -2.13. The Morgan fingerprint density at radius 1 is 1.24 bits per heavy atom. The molecule has 94 valence electrons.